The molecule has 0 unspecified atom stereocenters. The molecule has 0 bridgehead atoms. The molecule has 0 aromatic carbocycles. The van der Waals surface area contributed by atoms with E-state index in [2.05, 4.69) is 40.3 Å². The Kier molecular flexibility index (Phi) is 8.81. The summed E-state index contributed by atoms with van der Waals surface area (Å²) in [7, 11) is 0. The first kappa shape index (κ1) is 15.8. The third-order valence-corrected chi connectivity index (χ3v) is 2.97. The Labute approximate surface area is 106 Å². The number of thiol groups is 1. The molecule has 0 rings (SSSR count). The molecule has 0 saturated carbocycles. The SMILES string of the molecule is CC(C)CCCN(CCCC(C)C)C(=O)S. The molecular weight excluding hydrogens is 218 g/mol. The van der Waals surface area contributed by atoms with Gasteiger partial charge in [0.15, 0.2) is 0 Å². The Morgan fingerprint density at radius 3 is 1.62 bits per heavy atom. The molecule has 96 valence electrons. The predicted molar refractivity (Wildman–Crippen MR) is 74.1 cm³/mol. The van der Waals surface area contributed by atoms with Crippen LogP contribution in [0.1, 0.15) is 53.4 Å². The normalized spacial score (nSPS) is 11.2. The third-order valence-electron chi connectivity index (χ3n) is 2.69. The zero-order valence-corrected chi connectivity index (χ0v) is 12.1. The second-order valence-corrected chi connectivity index (χ2v) is 5.72. The second kappa shape index (κ2) is 8.91. The van der Waals surface area contributed by atoms with E-state index in [1.54, 1.807) is 0 Å². The van der Waals surface area contributed by atoms with Gasteiger partial charge in [-0.15, -0.1) is 0 Å². The highest BCUT2D eigenvalue weighted by Crippen LogP contribution is 2.09. The average molecular weight is 245 g/mol. The molecule has 0 saturated heterocycles. The van der Waals surface area contributed by atoms with Gasteiger partial charge in [0.2, 0.25) is 0 Å². The molecule has 1 amide bonds. The van der Waals surface area contributed by atoms with Crippen LogP contribution in [0.3, 0.4) is 0 Å². The Hall–Kier alpha value is -0.180. The fraction of sp³-hybridized carbons (Fsp3) is 0.923. The molecule has 0 aliphatic heterocycles. The number of nitrogens with zero attached hydrogens (tertiary/aromatic N) is 1. The monoisotopic (exact) mass is 245 g/mol. The highest BCUT2D eigenvalue weighted by Gasteiger charge is 2.09. The lowest BCUT2D eigenvalue weighted by Crippen LogP contribution is -2.29. The number of hydrogen-bond acceptors (Lipinski definition) is 1. The van der Waals surface area contributed by atoms with Crippen LogP contribution in [-0.4, -0.2) is 23.2 Å². The van der Waals surface area contributed by atoms with Crippen LogP contribution >= 0.6 is 12.6 Å². The Morgan fingerprint density at radius 1 is 1.00 bits per heavy atom. The number of amides is 1. The Balaban J connectivity index is 3.76. The van der Waals surface area contributed by atoms with Crippen LogP contribution in [0.2, 0.25) is 0 Å². The van der Waals surface area contributed by atoms with E-state index in [1.807, 2.05) is 4.90 Å². The van der Waals surface area contributed by atoms with E-state index < -0.39 is 0 Å². The molecule has 0 atom stereocenters. The minimum absolute atomic E-state index is 0.0764. The molecule has 0 aromatic heterocycles. The zero-order valence-electron chi connectivity index (χ0n) is 11.2. The Bertz CT molecular complexity index is 178. The average Bonchev–Trinajstić information content (AvgIpc) is 2.14. The summed E-state index contributed by atoms with van der Waals surface area (Å²) in [5, 5.41) is -0.0764. The molecule has 2 nitrogen and oxygen atoms in total. The lowest BCUT2D eigenvalue weighted by molar-refractivity contribution is 0.219. The van der Waals surface area contributed by atoms with E-state index in [1.165, 1.54) is 12.8 Å². The summed E-state index contributed by atoms with van der Waals surface area (Å²) >= 11 is 3.93. The van der Waals surface area contributed by atoms with Gasteiger partial charge in [-0.25, -0.2) is 0 Å². The van der Waals surface area contributed by atoms with Crippen LogP contribution in [0, 0.1) is 11.8 Å². The smallest absolute Gasteiger partial charge is 0.278 e. The first-order valence-corrected chi connectivity index (χ1v) is 6.86. The molecule has 3 heteroatoms. The summed E-state index contributed by atoms with van der Waals surface area (Å²) in [4.78, 5) is 13.2. The highest BCUT2D eigenvalue weighted by atomic mass is 32.1. The molecule has 16 heavy (non-hydrogen) atoms. The Morgan fingerprint density at radius 2 is 1.38 bits per heavy atom. The van der Waals surface area contributed by atoms with Gasteiger partial charge in [0.1, 0.15) is 0 Å². The van der Waals surface area contributed by atoms with Crippen molar-refractivity contribution in [1.82, 2.24) is 4.90 Å². The summed E-state index contributed by atoms with van der Waals surface area (Å²) in [5.74, 6) is 1.43. The van der Waals surface area contributed by atoms with Gasteiger partial charge in [-0.05, 0) is 37.5 Å². The number of carbonyl (C=O) groups excluding carboxylic acids is 1. The standard InChI is InChI=1S/C13H27NOS/c1-11(2)7-5-9-14(13(15)16)10-6-8-12(3)4/h11-12H,5-10H2,1-4H3,(H,15,16). The van der Waals surface area contributed by atoms with Crippen molar-refractivity contribution in [3.8, 4) is 0 Å². The summed E-state index contributed by atoms with van der Waals surface area (Å²) in [6.07, 6.45) is 4.54. The number of rotatable bonds is 8. The predicted octanol–water partition coefficient (Wildman–Crippen LogP) is 4.21. The fourth-order valence-corrected chi connectivity index (χ4v) is 1.88. The lowest BCUT2D eigenvalue weighted by Gasteiger charge is -2.21. The van der Waals surface area contributed by atoms with Gasteiger partial charge in [0.25, 0.3) is 5.24 Å². The van der Waals surface area contributed by atoms with Gasteiger partial charge >= 0.3 is 0 Å². The molecule has 0 N–H and O–H groups in total. The fourth-order valence-electron chi connectivity index (χ4n) is 1.68. The number of hydrogen-bond donors (Lipinski definition) is 1. The van der Waals surface area contributed by atoms with Gasteiger partial charge in [0.05, 0.1) is 0 Å². The largest absolute Gasteiger partial charge is 0.334 e. The minimum atomic E-state index is -0.0764. The molecule has 0 spiro atoms. The molecule has 0 radical (unpaired) electrons. The van der Waals surface area contributed by atoms with Crippen LogP contribution < -0.4 is 0 Å². The van der Waals surface area contributed by atoms with E-state index in [4.69, 9.17) is 0 Å². The van der Waals surface area contributed by atoms with Crippen molar-refractivity contribution in [2.45, 2.75) is 53.4 Å². The molecular formula is C13H27NOS. The quantitative estimate of drug-likeness (QED) is 0.635. The van der Waals surface area contributed by atoms with Crippen molar-refractivity contribution in [3.63, 3.8) is 0 Å². The molecule has 0 aromatic rings. The van der Waals surface area contributed by atoms with Crippen molar-refractivity contribution in [3.05, 3.63) is 0 Å². The maximum Gasteiger partial charge on any atom is 0.278 e. The minimum Gasteiger partial charge on any atom is -0.334 e. The summed E-state index contributed by atoms with van der Waals surface area (Å²) in [6.45, 7) is 10.6. The highest BCUT2D eigenvalue weighted by molar-refractivity contribution is 7.96. The van der Waals surface area contributed by atoms with E-state index in [-0.39, 0.29) is 5.24 Å². The number of carbonyl (C=O) groups is 1. The molecule has 0 aliphatic carbocycles. The summed E-state index contributed by atoms with van der Waals surface area (Å²) in [5.41, 5.74) is 0. The summed E-state index contributed by atoms with van der Waals surface area (Å²) in [6, 6.07) is 0. The van der Waals surface area contributed by atoms with Gasteiger partial charge in [-0.3, -0.25) is 4.79 Å². The van der Waals surface area contributed by atoms with E-state index >= 15 is 0 Å². The maximum atomic E-state index is 11.3. The first-order chi connectivity index (χ1) is 7.43. The van der Waals surface area contributed by atoms with E-state index in [0.717, 1.165) is 25.9 Å². The van der Waals surface area contributed by atoms with Gasteiger partial charge in [-0.2, -0.15) is 0 Å². The van der Waals surface area contributed by atoms with Crippen molar-refractivity contribution in [1.29, 1.82) is 0 Å². The van der Waals surface area contributed by atoms with Gasteiger partial charge in [0, 0.05) is 13.1 Å². The van der Waals surface area contributed by atoms with E-state index in [0.29, 0.717) is 11.8 Å². The second-order valence-electron chi connectivity index (χ2n) is 5.34. The van der Waals surface area contributed by atoms with Crippen LogP contribution in [0.15, 0.2) is 0 Å². The van der Waals surface area contributed by atoms with Crippen molar-refractivity contribution in [2.75, 3.05) is 13.1 Å². The van der Waals surface area contributed by atoms with Crippen LogP contribution in [-0.2, 0) is 0 Å². The van der Waals surface area contributed by atoms with Crippen molar-refractivity contribution < 1.29 is 4.79 Å². The lowest BCUT2D eigenvalue weighted by atomic mass is 10.1. The molecule has 0 heterocycles. The van der Waals surface area contributed by atoms with Crippen molar-refractivity contribution >= 4 is 17.9 Å². The summed E-state index contributed by atoms with van der Waals surface area (Å²) < 4.78 is 0. The third kappa shape index (κ3) is 9.08. The van der Waals surface area contributed by atoms with Crippen LogP contribution in [0.4, 0.5) is 4.79 Å². The molecule has 0 aliphatic rings. The van der Waals surface area contributed by atoms with E-state index in [9.17, 15) is 4.79 Å². The topological polar surface area (TPSA) is 20.3 Å². The van der Waals surface area contributed by atoms with Crippen molar-refractivity contribution in [2.24, 2.45) is 11.8 Å². The van der Waals surface area contributed by atoms with Gasteiger partial charge in [-0.1, -0.05) is 40.3 Å². The maximum absolute atomic E-state index is 11.3. The van der Waals surface area contributed by atoms with Gasteiger partial charge < -0.3 is 4.90 Å². The molecule has 0 fully saturated rings. The zero-order chi connectivity index (χ0) is 12.6. The van der Waals surface area contributed by atoms with Crippen LogP contribution in [0.25, 0.3) is 0 Å². The first-order valence-electron chi connectivity index (χ1n) is 6.41. The van der Waals surface area contributed by atoms with Crippen LogP contribution in [0.5, 0.6) is 0 Å².